The van der Waals surface area contributed by atoms with E-state index in [1.54, 1.807) is 4.90 Å². The zero-order chi connectivity index (χ0) is 20.5. The highest BCUT2D eigenvalue weighted by atomic mass is 16.2. The molecule has 2 aromatic rings. The van der Waals surface area contributed by atoms with Gasteiger partial charge in [-0.2, -0.15) is 0 Å². The first-order valence-corrected chi connectivity index (χ1v) is 10.1. The van der Waals surface area contributed by atoms with E-state index in [4.69, 9.17) is 4.98 Å². The summed E-state index contributed by atoms with van der Waals surface area (Å²) < 4.78 is 0. The van der Waals surface area contributed by atoms with Crippen molar-refractivity contribution in [2.24, 2.45) is 0 Å². The van der Waals surface area contributed by atoms with E-state index < -0.39 is 0 Å². The van der Waals surface area contributed by atoms with Crippen molar-refractivity contribution < 1.29 is 9.59 Å². The average molecular weight is 394 g/mol. The topological polar surface area (TPSA) is 86.4 Å². The van der Waals surface area contributed by atoms with E-state index in [2.05, 4.69) is 4.98 Å². The van der Waals surface area contributed by atoms with Gasteiger partial charge in [-0.3, -0.25) is 14.4 Å². The molecule has 0 aliphatic carbocycles. The Balaban J connectivity index is 1.47. The standard InChI is InChI=1S/C22H26N4O3/c1-14-4-3-5-16(10-14)11-20(28)26-8-6-17(12-26)21-23-19-13-25(15(2)27)9-7-18(19)22(29)24-21/h3-5,10,17H,6-9,11-13H2,1-2H3,(H,23,24,29)/t17-/m0/s1. The molecule has 152 valence electrons. The summed E-state index contributed by atoms with van der Waals surface area (Å²) >= 11 is 0. The number of hydrogen-bond donors (Lipinski definition) is 1. The summed E-state index contributed by atoms with van der Waals surface area (Å²) in [5.41, 5.74) is 3.41. The molecule has 1 fully saturated rings. The molecular formula is C22H26N4O3. The SMILES string of the molecule is CC(=O)N1CCc2c(nc([C@H]3CCN(C(=O)Cc4cccc(C)c4)C3)[nH]c2=O)C1. The maximum absolute atomic E-state index is 12.7. The van der Waals surface area contributed by atoms with E-state index in [0.717, 1.165) is 17.5 Å². The zero-order valence-corrected chi connectivity index (χ0v) is 16.9. The number of amides is 2. The molecule has 2 amide bonds. The molecule has 29 heavy (non-hydrogen) atoms. The Morgan fingerprint density at radius 3 is 2.83 bits per heavy atom. The number of likely N-dealkylation sites (tertiary alicyclic amines) is 1. The second-order valence-corrected chi connectivity index (χ2v) is 8.06. The van der Waals surface area contributed by atoms with Crippen LogP contribution in [0.3, 0.4) is 0 Å². The van der Waals surface area contributed by atoms with Crippen LogP contribution >= 0.6 is 0 Å². The highest BCUT2D eigenvalue weighted by Gasteiger charge is 2.30. The van der Waals surface area contributed by atoms with Crippen molar-refractivity contribution in [3.63, 3.8) is 0 Å². The quantitative estimate of drug-likeness (QED) is 0.856. The molecule has 0 saturated carbocycles. The van der Waals surface area contributed by atoms with Crippen molar-refractivity contribution in [3.8, 4) is 0 Å². The Kier molecular flexibility index (Phi) is 5.22. The number of carbonyl (C=O) groups excluding carboxylic acids is 2. The van der Waals surface area contributed by atoms with Gasteiger partial charge < -0.3 is 14.8 Å². The molecule has 7 heteroatoms. The number of fused-ring (bicyclic) bond motifs is 1. The summed E-state index contributed by atoms with van der Waals surface area (Å²) in [5, 5.41) is 0. The fraction of sp³-hybridized carbons (Fsp3) is 0.455. The normalized spacial score (nSPS) is 18.6. The van der Waals surface area contributed by atoms with E-state index in [0.29, 0.717) is 56.1 Å². The van der Waals surface area contributed by atoms with Crippen LogP contribution < -0.4 is 5.56 Å². The number of aryl methyl sites for hydroxylation is 1. The first-order valence-electron chi connectivity index (χ1n) is 10.1. The number of benzene rings is 1. The van der Waals surface area contributed by atoms with Gasteiger partial charge in [0.1, 0.15) is 5.82 Å². The van der Waals surface area contributed by atoms with Gasteiger partial charge in [-0.15, -0.1) is 0 Å². The van der Waals surface area contributed by atoms with Crippen molar-refractivity contribution in [1.29, 1.82) is 0 Å². The van der Waals surface area contributed by atoms with Gasteiger partial charge >= 0.3 is 0 Å². The minimum Gasteiger partial charge on any atom is -0.342 e. The molecule has 0 unspecified atom stereocenters. The summed E-state index contributed by atoms with van der Waals surface area (Å²) in [6.45, 7) is 5.71. The predicted molar refractivity (Wildman–Crippen MR) is 108 cm³/mol. The van der Waals surface area contributed by atoms with Crippen LogP contribution in [0.2, 0.25) is 0 Å². The van der Waals surface area contributed by atoms with Gasteiger partial charge in [-0.1, -0.05) is 29.8 Å². The van der Waals surface area contributed by atoms with Gasteiger partial charge in [-0.25, -0.2) is 4.98 Å². The van der Waals surface area contributed by atoms with Crippen molar-refractivity contribution >= 4 is 11.8 Å². The number of carbonyl (C=O) groups is 2. The summed E-state index contributed by atoms with van der Waals surface area (Å²) in [6.07, 6.45) is 1.69. The van der Waals surface area contributed by atoms with E-state index in [-0.39, 0.29) is 23.3 Å². The first kappa shape index (κ1) is 19.4. The lowest BCUT2D eigenvalue weighted by Crippen LogP contribution is -2.38. The number of H-pyrrole nitrogens is 1. The van der Waals surface area contributed by atoms with Crippen molar-refractivity contribution in [2.45, 2.75) is 45.6 Å². The molecule has 2 aliphatic heterocycles. The van der Waals surface area contributed by atoms with E-state index in [1.807, 2.05) is 36.1 Å². The Labute approximate surface area is 169 Å². The minimum absolute atomic E-state index is 0.00642. The van der Waals surface area contributed by atoms with Gasteiger partial charge in [0.25, 0.3) is 5.56 Å². The third-order valence-corrected chi connectivity index (χ3v) is 5.90. The summed E-state index contributed by atoms with van der Waals surface area (Å²) in [4.78, 5) is 48.1. The largest absolute Gasteiger partial charge is 0.342 e. The third kappa shape index (κ3) is 4.09. The molecule has 0 bridgehead atoms. The van der Waals surface area contributed by atoms with Crippen LogP contribution in [0.5, 0.6) is 0 Å². The van der Waals surface area contributed by atoms with E-state index >= 15 is 0 Å². The molecule has 1 aromatic carbocycles. The summed E-state index contributed by atoms with van der Waals surface area (Å²) in [7, 11) is 0. The smallest absolute Gasteiger partial charge is 0.254 e. The van der Waals surface area contributed by atoms with Gasteiger partial charge in [0.15, 0.2) is 0 Å². The molecule has 7 nitrogen and oxygen atoms in total. The van der Waals surface area contributed by atoms with E-state index in [9.17, 15) is 14.4 Å². The Bertz CT molecular complexity index is 1010. The molecule has 1 aromatic heterocycles. The maximum atomic E-state index is 12.7. The molecule has 4 rings (SSSR count). The first-order chi connectivity index (χ1) is 13.9. The maximum Gasteiger partial charge on any atom is 0.254 e. The van der Waals surface area contributed by atoms with Crippen LogP contribution in [0.25, 0.3) is 0 Å². The second-order valence-electron chi connectivity index (χ2n) is 8.06. The number of aromatic nitrogens is 2. The van der Waals surface area contributed by atoms with Crippen molar-refractivity contribution in [2.75, 3.05) is 19.6 Å². The number of hydrogen-bond acceptors (Lipinski definition) is 4. The van der Waals surface area contributed by atoms with Gasteiger partial charge in [0.2, 0.25) is 11.8 Å². The minimum atomic E-state index is -0.113. The zero-order valence-electron chi connectivity index (χ0n) is 16.9. The highest BCUT2D eigenvalue weighted by Crippen LogP contribution is 2.26. The average Bonchev–Trinajstić information content (AvgIpc) is 3.18. The second kappa shape index (κ2) is 7.81. The van der Waals surface area contributed by atoms with Crippen molar-refractivity contribution in [3.05, 3.63) is 62.8 Å². The molecule has 1 saturated heterocycles. The van der Waals surface area contributed by atoms with Crippen LogP contribution in [0.4, 0.5) is 0 Å². The van der Waals surface area contributed by atoms with Crippen LogP contribution in [-0.4, -0.2) is 51.2 Å². The molecule has 1 atom stereocenters. The van der Waals surface area contributed by atoms with Gasteiger partial charge in [0, 0.05) is 38.0 Å². The van der Waals surface area contributed by atoms with Gasteiger partial charge in [0.05, 0.1) is 18.7 Å². The van der Waals surface area contributed by atoms with Crippen LogP contribution in [0.1, 0.15) is 47.5 Å². The lowest BCUT2D eigenvalue weighted by Gasteiger charge is -2.27. The molecule has 2 aliphatic rings. The van der Waals surface area contributed by atoms with Crippen molar-refractivity contribution in [1.82, 2.24) is 19.8 Å². The van der Waals surface area contributed by atoms with Gasteiger partial charge in [-0.05, 0) is 25.3 Å². The monoisotopic (exact) mass is 394 g/mol. The lowest BCUT2D eigenvalue weighted by atomic mass is 10.0. The lowest BCUT2D eigenvalue weighted by molar-refractivity contribution is -0.130. The molecule has 3 heterocycles. The highest BCUT2D eigenvalue weighted by molar-refractivity contribution is 5.79. The molecule has 0 spiro atoms. The Morgan fingerprint density at radius 2 is 2.07 bits per heavy atom. The third-order valence-electron chi connectivity index (χ3n) is 5.90. The number of rotatable bonds is 3. The Hall–Kier alpha value is -2.96. The van der Waals surface area contributed by atoms with Crippen LogP contribution in [0, 0.1) is 6.92 Å². The number of nitrogens with one attached hydrogen (secondary N) is 1. The predicted octanol–water partition coefficient (Wildman–Crippen LogP) is 1.54. The fourth-order valence-electron chi connectivity index (χ4n) is 4.24. The van der Waals surface area contributed by atoms with E-state index in [1.165, 1.54) is 6.92 Å². The van der Waals surface area contributed by atoms with Crippen LogP contribution in [0.15, 0.2) is 29.1 Å². The number of aromatic amines is 1. The molecule has 1 N–H and O–H groups in total. The summed E-state index contributed by atoms with van der Waals surface area (Å²) in [6, 6.07) is 8.00. The molecule has 0 radical (unpaired) electrons. The summed E-state index contributed by atoms with van der Waals surface area (Å²) in [5.74, 6) is 0.737. The molecular weight excluding hydrogens is 368 g/mol. The van der Waals surface area contributed by atoms with Crippen LogP contribution in [-0.2, 0) is 29.0 Å². The fourth-order valence-corrected chi connectivity index (χ4v) is 4.24. The Morgan fingerprint density at radius 1 is 1.24 bits per heavy atom. The number of nitrogens with zero attached hydrogens (tertiary/aromatic N) is 3.